The van der Waals surface area contributed by atoms with Crippen LogP contribution in [0.4, 0.5) is 4.39 Å². The fourth-order valence-corrected chi connectivity index (χ4v) is 2.43. The second-order valence-corrected chi connectivity index (χ2v) is 6.09. The Labute approximate surface area is 126 Å². The van der Waals surface area contributed by atoms with Crippen molar-refractivity contribution >= 4 is 0 Å². The lowest BCUT2D eigenvalue weighted by Gasteiger charge is -2.14. The number of rotatable bonds is 5. The molecule has 0 aliphatic heterocycles. The molecule has 0 saturated carbocycles. The number of nitrogens with zero attached hydrogens (tertiary/aromatic N) is 2. The van der Waals surface area contributed by atoms with Crippen LogP contribution in [0.15, 0.2) is 24.4 Å². The Morgan fingerprint density at radius 3 is 2.52 bits per heavy atom. The van der Waals surface area contributed by atoms with Crippen molar-refractivity contribution < 1.29 is 4.39 Å². The number of benzene rings is 1. The number of halogens is 1. The molecule has 0 saturated heterocycles. The van der Waals surface area contributed by atoms with Gasteiger partial charge in [0.1, 0.15) is 5.82 Å². The van der Waals surface area contributed by atoms with Crippen LogP contribution in [0.25, 0.3) is 11.1 Å². The number of aryl methyl sites for hydroxylation is 1. The van der Waals surface area contributed by atoms with Crippen molar-refractivity contribution in [3.8, 4) is 11.1 Å². The van der Waals surface area contributed by atoms with Gasteiger partial charge in [-0.3, -0.25) is 4.68 Å². The highest BCUT2D eigenvalue weighted by molar-refractivity contribution is 5.69. The number of aromatic nitrogens is 2. The molecular formula is C17H24FN3. The quantitative estimate of drug-likeness (QED) is 0.906. The third-order valence-corrected chi connectivity index (χ3v) is 3.46. The summed E-state index contributed by atoms with van der Waals surface area (Å²) in [6, 6.07) is 5.35. The van der Waals surface area contributed by atoms with Gasteiger partial charge < -0.3 is 5.32 Å². The van der Waals surface area contributed by atoms with E-state index in [1.165, 1.54) is 6.07 Å². The zero-order valence-corrected chi connectivity index (χ0v) is 13.4. The largest absolute Gasteiger partial charge is 0.310 e. The van der Waals surface area contributed by atoms with Crippen molar-refractivity contribution in [3.63, 3.8) is 0 Å². The minimum Gasteiger partial charge on any atom is -0.310 e. The van der Waals surface area contributed by atoms with Gasteiger partial charge in [-0.25, -0.2) is 4.39 Å². The summed E-state index contributed by atoms with van der Waals surface area (Å²) in [4.78, 5) is 0. The summed E-state index contributed by atoms with van der Waals surface area (Å²) in [5, 5.41) is 7.91. The molecule has 21 heavy (non-hydrogen) atoms. The fraction of sp³-hybridized carbons (Fsp3) is 0.471. The first kappa shape index (κ1) is 15.7. The molecule has 0 radical (unpaired) electrons. The normalized spacial score (nSPS) is 11.6. The van der Waals surface area contributed by atoms with Crippen LogP contribution < -0.4 is 5.32 Å². The van der Waals surface area contributed by atoms with Crippen LogP contribution in [-0.2, 0) is 13.6 Å². The molecule has 0 aliphatic carbocycles. The van der Waals surface area contributed by atoms with E-state index in [9.17, 15) is 4.39 Å². The highest BCUT2D eigenvalue weighted by Crippen LogP contribution is 2.31. The van der Waals surface area contributed by atoms with E-state index in [0.717, 1.165) is 22.4 Å². The molecule has 3 nitrogen and oxygen atoms in total. The maximum Gasteiger partial charge on any atom is 0.123 e. The molecular weight excluding hydrogens is 265 g/mol. The lowest BCUT2D eigenvalue weighted by molar-refractivity contribution is 0.582. The standard InChI is InChI=1S/C17H24FN3/c1-11(2)17-16(10-21(5)20-17)15-7-6-14(18)8-13(15)9-19-12(3)4/h6-8,10-12,19H,9H2,1-5H3. The molecule has 1 heterocycles. The first-order valence-electron chi connectivity index (χ1n) is 7.44. The number of hydrogen-bond donors (Lipinski definition) is 1. The third kappa shape index (κ3) is 3.70. The van der Waals surface area contributed by atoms with Gasteiger partial charge in [-0.05, 0) is 29.2 Å². The van der Waals surface area contributed by atoms with Crippen LogP contribution in [0.1, 0.15) is 44.9 Å². The first-order valence-corrected chi connectivity index (χ1v) is 7.44. The summed E-state index contributed by atoms with van der Waals surface area (Å²) in [7, 11) is 1.92. The van der Waals surface area contributed by atoms with E-state index in [0.29, 0.717) is 18.5 Å². The van der Waals surface area contributed by atoms with Gasteiger partial charge in [0.2, 0.25) is 0 Å². The van der Waals surface area contributed by atoms with Gasteiger partial charge in [0, 0.05) is 31.4 Å². The lowest BCUT2D eigenvalue weighted by atomic mass is 9.96. The average molecular weight is 289 g/mol. The van der Waals surface area contributed by atoms with E-state index < -0.39 is 0 Å². The van der Waals surface area contributed by atoms with Crippen molar-refractivity contribution in [2.24, 2.45) is 7.05 Å². The zero-order valence-electron chi connectivity index (χ0n) is 13.4. The van der Waals surface area contributed by atoms with E-state index in [1.54, 1.807) is 6.07 Å². The summed E-state index contributed by atoms with van der Waals surface area (Å²) in [5.74, 6) is 0.131. The van der Waals surface area contributed by atoms with Crippen molar-refractivity contribution in [1.29, 1.82) is 0 Å². The predicted octanol–water partition coefficient (Wildman–Crippen LogP) is 3.85. The lowest BCUT2D eigenvalue weighted by Crippen LogP contribution is -2.22. The van der Waals surface area contributed by atoms with Crippen LogP contribution in [0.5, 0.6) is 0 Å². The van der Waals surface area contributed by atoms with Crippen LogP contribution in [-0.4, -0.2) is 15.8 Å². The Bertz CT molecular complexity index is 614. The Kier molecular flexibility index (Phi) is 4.78. The van der Waals surface area contributed by atoms with E-state index in [4.69, 9.17) is 0 Å². The minimum absolute atomic E-state index is 0.200. The molecule has 2 rings (SSSR count). The Balaban J connectivity index is 2.48. The summed E-state index contributed by atoms with van der Waals surface area (Å²) < 4.78 is 15.4. The van der Waals surface area contributed by atoms with E-state index in [2.05, 4.69) is 38.1 Å². The van der Waals surface area contributed by atoms with Crippen LogP contribution in [0.3, 0.4) is 0 Å². The van der Waals surface area contributed by atoms with E-state index in [-0.39, 0.29) is 5.82 Å². The number of nitrogens with one attached hydrogen (secondary N) is 1. The summed E-state index contributed by atoms with van der Waals surface area (Å²) in [6.45, 7) is 9.07. The molecule has 0 spiro atoms. The molecule has 0 amide bonds. The molecule has 1 aromatic heterocycles. The van der Waals surface area contributed by atoms with Gasteiger partial charge in [0.05, 0.1) is 5.69 Å². The van der Waals surface area contributed by atoms with Crippen molar-refractivity contribution in [1.82, 2.24) is 15.1 Å². The summed E-state index contributed by atoms with van der Waals surface area (Å²) in [5.41, 5.74) is 4.17. The van der Waals surface area contributed by atoms with Crippen molar-refractivity contribution in [2.75, 3.05) is 0 Å². The van der Waals surface area contributed by atoms with E-state index in [1.807, 2.05) is 24.0 Å². The Morgan fingerprint density at radius 2 is 1.90 bits per heavy atom. The summed E-state index contributed by atoms with van der Waals surface area (Å²) >= 11 is 0. The predicted molar refractivity (Wildman–Crippen MR) is 84.7 cm³/mol. The second kappa shape index (κ2) is 6.39. The topological polar surface area (TPSA) is 29.9 Å². The van der Waals surface area contributed by atoms with Crippen LogP contribution in [0.2, 0.25) is 0 Å². The number of hydrogen-bond acceptors (Lipinski definition) is 2. The zero-order chi connectivity index (χ0) is 15.6. The maximum absolute atomic E-state index is 13.6. The average Bonchev–Trinajstić information content (AvgIpc) is 2.78. The molecule has 0 fully saturated rings. The first-order chi connectivity index (χ1) is 9.88. The van der Waals surface area contributed by atoms with Gasteiger partial charge in [0.15, 0.2) is 0 Å². The molecule has 1 N–H and O–H groups in total. The van der Waals surface area contributed by atoms with Crippen molar-refractivity contribution in [3.05, 3.63) is 41.5 Å². The smallest absolute Gasteiger partial charge is 0.123 e. The highest BCUT2D eigenvalue weighted by Gasteiger charge is 2.16. The molecule has 0 bridgehead atoms. The molecule has 114 valence electrons. The SMILES string of the molecule is CC(C)NCc1cc(F)ccc1-c1cn(C)nc1C(C)C. The fourth-order valence-electron chi connectivity index (χ4n) is 2.43. The van der Waals surface area contributed by atoms with Gasteiger partial charge >= 0.3 is 0 Å². The highest BCUT2D eigenvalue weighted by atomic mass is 19.1. The van der Waals surface area contributed by atoms with Gasteiger partial charge in [-0.2, -0.15) is 5.10 Å². The molecule has 0 unspecified atom stereocenters. The minimum atomic E-state index is -0.200. The van der Waals surface area contributed by atoms with Crippen LogP contribution in [0, 0.1) is 5.82 Å². The Hall–Kier alpha value is -1.68. The third-order valence-electron chi connectivity index (χ3n) is 3.46. The van der Waals surface area contributed by atoms with Crippen LogP contribution >= 0.6 is 0 Å². The van der Waals surface area contributed by atoms with Gasteiger partial charge in [-0.1, -0.05) is 33.8 Å². The molecule has 0 aliphatic rings. The monoisotopic (exact) mass is 289 g/mol. The Morgan fingerprint density at radius 1 is 1.19 bits per heavy atom. The second-order valence-electron chi connectivity index (χ2n) is 6.09. The van der Waals surface area contributed by atoms with Gasteiger partial charge in [-0.15, -0.1) is 0 Å². The maximum atomic E-state index is 13.6. The molecule has 1 aromatic carbocycles. The summed E-state index contributed by atoms with van der Waals surface area (Å²) in [6.07, 6.45) is 2.02. The molecule has 0 atom stereocenters. The van der Waals surface area contributed by atoms with Gasteiger partial charge in [0.25, 0.3) is 0 Å². The molecule has 4 heteroatoms. The van der Waals surface area contributed by atoms with E-state index >= 15 is 0 Å². The molecule has 2 aromatic rings. The van der Waals surface area contributed by atoms with Crippen molar-refractivity contribution in [2.45, 2.75) is 46.2 Å².